The van der Waals surface area contributed by atoms with E-state index in [-0.39, 0.29) is 0 Å². The number of aromatic amines is 1. The smallest absolute Gasteiger partial charge is 0.223 e. The van der Waals surface area contributed by atoms with Crippen LogP contribution in [0.5, 0.6) is 0 Å². The Bertz CT molecular complexity index is 314. The van der Waals surface area contributed by atoms with Crippen molar-refractivity contribution in [2.45, 2.75) is 17.7 Å². The standard InChI is InChI=1S/C6H6N4OS/c7-3-12-6-8-5(9-10-6)1-4-2-11-4/h4H,1-2H2,(H,8,9,10). The fraction of sp³-hybridized carbons (Fsp3) is 0.500. The highest BCUT2D eigenvalue weighted by molar-refractivity contribution is 8.03. The minimum atomic E-state index is 0.304. The van der Waals surface area contributed by atoms with Crippen LogP contribution in [0, 0.1) is 10.7 Å². The van der Waals surface area contributed by atoms with E-state index >= 15 is 0 Å². The van der Waals surface area contributed by atoms with Gasteiger partial charge in [0, 0.05) is 18.2 Å². The van der Waals surface area contributed by atoms with E-state index in [1.54, 1.807) is 0 Å². The van der Waals surface area contributed by atoms with E-state index in [0.29, 0.717) is 11.3 Å². The number of nitrogens with zero attached hydrogens (tertiary/aromatic N) is 3. The van der Waals surface area contributed by atoms with Crippen LogP contribution in [-0.2, 0) is 11.2 Å². The molecule has 1 aromatic heterocycles. The summed E-state index contributed by atoms with van der Waals surface area (Å²) in [7, 11) is 0. The molecule has 0 bridgehead atoms. The molecule has 1 aromatic rings. The van der Waals surface area contributed by atoms with Crippen LogP contribution in [0.4, 0.5) is 0 Å². The van der Waals surface area contributed by atoms with Gasteiger partial charge in [-0.15, -0.1) is 5.10 Å². The maximum absolute atomic E-state index is 8.32. The highest BCUT2D eigenvalue weighted by Gasteiger charge is 2.24. The van der Waals surface area contributed by atoms with Gasteiger partial charge in [0.1, 0.15) is 11.2 Å². The number of hydrogen-bond acceptors (Lipinski definition) is 5. The highest BCUT2D eigenvalue weighted by Crippen LogP contribution is 2.15. The first kappa shape index (κ1) is 7.58. The molecule has 1 saturated heterocycles. The van der Waals surface area contributed by atoms with Crippen LogP contribution in [0.3, 0.4) is 0 Å². The molecule has 2 heterocycles. The van der Waals surface area contributed by atoms with Crippen molar-refractivity contribution >= 4 is 11.8 Å². The van der Waals surface area contributed by atoms with Crippen molar-refractivity contribution in [3.63, 3.8) is 0 Å². The van der Waals surface area contributed by atoms with Crippen molar-refractivity contribution in [1.29, 1.82) is 5.26 Å². The molecule has 2 rings (SSSR count). The summed E-state index contributed by atoms with van der Waals surface area (Å²) in [5, 5.41) is 17.3. The summed E-state index contributed by atoms with van der Waals surface area (Å²) in [6.07, 6.45) is 1.07. The average Bonchev–Trinajstić information content (AvgIpc) is 2.74. The van der Waals surface area contributed by atoms with Gasteiger partial charge in [-0.1, -0.05) is 0 Å². The summed E-state index contributed by atoms with van der Waals surface area (Å²) in [6.45, 7) is 0.807. The Morgan fingerprint density at radius 1 is 1.83 bits per heavy atom. The Hall–Kier alpha value is -1.06. The first-order valence-electron chi connectivity index (χ1n) is 3.47. The van der Waals surface area contributed by atoms with Crippen molar-refractivity contribution in [3.05, 3.63) is 5.82 Å². The minimum Gasteiger partial charge on any atom is -0.373 e. The third-order valence-electron chi connectivity index (χ3n) is 1.47. The second kappa shape index (κ2) is 3.13. The molecule has 1 unspecified atom stereocenters. The van der Waals surface area contributed by atoms with Crippen molar-refractivity contribution in [2.75, 3.05) is 6.61 Å². The number of nitrogens with one attached hydrogen (secondary N) is 1. The Labute approximate surface area is 73.1 Å². The second-order valence-electron chi connectivity index (χ2n) is 2.42. The Morgan fingerprint density at radius 3 is 3.33 bits per heavy atom. The molecule has 0 amide bonds. The Morgan fingerprint density at radius 2 is 2.67 bits per heavy atom. The van der Waals surface area contributed by atoms with Gasteiger partial charge < -0.3 is 4.74 Å². The fourth-order valence-corrected chi connectivity index (χ4v) is 1.19. The summed E-state index contributed by atoms with van der Waals surface area (Å²) < 4.78 is 5.02. The zero-order chi connectivity index (χ0) is 8.39. The molecule has 12 heavy (non-hydrogen) atoms. The number of aromatic nitrogens is 3. The molecule has 1 atom stereocenters. The van der Waals surface area contributed by atoms with Crippen LogP contribution in [0.25, 0.3) is 0 Å². The molecule has 0 aliphatic carbocycles. The molecule has 0 saturated carbocycles. The van der Waals surface area contributed by atoms with Gasteiger partial charge in [-0.2, -0.15) is 5.26 Å². The van der Waals surface area contributed by atoms with E-state index in [4.69, 9.17) is 10.00 Å². The lowest BCUT2D eigenvalue weighted by molar-refractivity contribution is 0.404. The molecule has 6 heteroatoms. The van der Waals surface area contributed by atoms with E-state index in [0.717, 1.165) is 30.6 Å². The molecule has 1 aliphatic rings. The molecule has 62 valence electrons. The van der Waals surface area contributed by atoms with Crippen LogP contribution < -0.4 is 0 Å². The molecule has 0 aromatic carbocycles. The Balaban J connectivity index is 1.98. The van der Waals surface area contributed by atoms with E-state index in [1.807, 2.05) is 5.40 Å². The van der Waals surface area contributed by atoms with E-state index in [1.165, 1.54) is 0 Å². The molecular weight excluding hydrogens is 176 g/mol. The lowest BCUT2D eigenvalue weighted by atomic mass is 10.3. The van der Waals surface area contributed by atoms with Gasteiger partial charge in [0.05, 0.1) is 12.7 Å². The van der Waals surface area contributed by atoms with Gasteiger partial charge >= 0.3 is 0 Å². The normalized spacial score (nSPS) is 20.4. The second-order valence-corrected chi connectivity index (χ2v) is 3.17. The van der Waals surface area contributed by atoms with Gasteiger partial charge in [-0.25, -0.2) is 4.98 Å². The largest absolute Gasteiger partial charge is 0.373 e. The summed E-state index contributed by atoms with van der Waals surface area (Å²) in [5.41, 5.74) is 0. The van der Waals surface area contributed by atoms with Crippen LogP contribution in [0.2, 0.25) is 0 Å². The zero-order valence-corrected chi connectivity index (χ0v) is 6.97. The van der Waals surface area contributed by atoms with E-state index in [2.05, 4.69) is 15.2 Å². The monoisotopic (exact) mass is 182 g/mol. The maximum atomic E-state index is 8.32. The number of rotatable bonds is 3. The molecule has 0 radical (unpaired) electrons. The van der Waals surface area contributed by atoms with Crippen LogP contribution in [0.15, 0.2) is 5.16 Å². The van der Waals surface area contributed by atoms with Gasteiger partial charge in [-0.05, 0) is 0 Å². The van der Waals surface area contributed by atoms with Crippen LogP contribution in [-0.4, -0.2) is 27.9 Å². The number of H-pyrrole nitrogens is 1. The third kappa shape index (κ3) is 1.75. The molecule has 1 aliphatic heterocycles. The minimum absolute atomic E-state index is 0.304. The van der Waals surface area contributed by atoms with E-state index < -0.39 is 0 Å². The number of thiocyanates is 1. The molecule has 1 N–H and O–H groups in total. The number of thioether (sulfide) groups is 1. The summed E-state index contributed by atoms with van der Waals surface area (Å²) in [6, 6.07) is 0. The van der Waals surface area contributed by atoms with Gasteiger partial charge in [-0.3, -0.25) is 5.10 Å². The van der Waals surface area contributed by atoms with Gasteiger partial charge in [0.15, 0.2) is 0 Å². The number of ether oxygens (including phenoxy) is 1. The summed E-state index contributed by atoms with van der Waals surface area (Å²) >= 11 is 0.955. The topological polar surface area (TPSA) is 77.9 Å². The number of epoxide rings is 1. The van der Waals surface area contributed by atoms with E-state index in [9.17, 15) is 0 Å². The summed E-state index contributed by atoms with van der Waals surface area (Å²) in [4.78, 5) is 4.07. The summed E-state index contributed by atoms with van der Waals surface area (Å²) in [5.74, 6) is 0.787. The zero-order valence-electron chi connectivity index (χ0n) is 6.15. The fourth-order valence-electron chi connectivity index (χ4n) is 0.857. The third-order valence-corrected chi connectivity index (χ3v) is 1.93. The van der Waals surface area contributed by atoms with Gasteiger partial charge in [0.2, 0.25) is 5.16 Å². The van der Waals surface area contributed by atoms with Crippen molar-refractivity contribution < 1.29 is 4.74 Å². The lowest BCUT2D eigenvalue weighted by Crippen LogP contribution is -1.94. The first-order valence-corrected chi connectivity index (χ1v) is 4.29. The Kier molecular flexibility index (Phi) is 1.98. The highest BCUT2D eigenvalue weighted by atomic mass is 32.2. The SMILES string of the molecule is N#CSc1n[nH]c(CC2CO2)n1. The number of hydrogen-bond donors (Lipinski definition) is 1. The average molecular weight is 182 g/mol. The predicted octanol–water partition coefficient (Wildman–Crippen LogP) is 0.319. The van der Waals surface area contributed by atoms with Crippen molar-refractivity contribution in [2.24, 2.45) is 0 Å². The lowest BCUT2D eigenvalue weighted by Gasteiger charge is -1.85. The number of nitriles is 1. The van der Waals surface area contributed by atoms with Crippen molar-refractivity contribution in [3.8, 4) is 5.40 Å². The molecule has 0 spiro atoms. The maximum Gasteiger partial charge on any atom is 0.223 e. The van der Waals surface area contributed by atoms with Crippen LogP contribution >= 0.6 is 11.8 Å². The quantitative estimate of drug-likeness (QED) is 0.413. The molecular formula is C6H6N4OS. The predicted molar refractivity (Wildman–Crippen MR) is 41.3 cm³/mol. The molecule has 5 nitrogen and oxygen atoms in total. The van der Waals surface area contributed by atoms with Gasteiger partial charge in [0.25, 0.3) is 0 Å². The molecule has 1 fully saturated rings. The van der Waals surface area contributed by atoms with Crippen molar-refractivity contribution in [1.82, 2.24) is 15.2 Å². The van der Waals surface area contributed by atoms with Crippen LogP contribution in [0.1, 0.15) is 5.82 Å². The first-order chi connectivity index (χ1) is 5.88.